The summed E-state index contributed by atoms with van der Waals surface area (Å²) in [6, 6.07) is 11.4. The van der Waals surface area contributed by atoms with Crippen molar-refractivity contribution in [3.63, 3.8) is 0 Å². The van der Waals surface area contributed by atoms with Crippen LogP contribution in [-0.2, 0) is 19.7 Å². The van der Waals surface area contributed by atoms with Crippen molar-refractivity contribution >= 4 is 17.1 Å². The lowest BCUT2D eigenvalue weighted by Crippen LogP contribution is -2.37. The molecule has 1 amide bonds. The monoisotopic (exact) mass is 435 g/mol. The zero-order valence-electron chi connectivity index (χ0n) is 16.8. The summed E-state index contributed by atoms with van der Waals surface area (Å²) >= 11 is 0. The van der Waals surface area contributed by atoms with E-state index in [1.807, 2.05) is 16.7 Å². The highest BCUT2D eigenvalue weighted by Crippen LogP contribution is 2.23. The Morgan fingerprint density at radius 1 is 1.16 bits per heavy atom. The highest BCUT2D eigenvalue weighted by Gasteiger charge is 2.23. The Balaban J connectivity index is 1.38. The summed E-state index contributed by atoms with van der Waals surface area (Å²) in [5.74, 6) is 0.632. The number of hydrogen-bond donors (Lipinski definition) is 1. The molecular formula is C22H18FN5O4. The third-order valence-corrected chi connectivity index (χ3v) is 5.35. The Labute approximate surface area is 180 Å². The molecule has 10 heteroatoms. The zero-order valence-corrected chi connectivity index (χ0v) is 16.8. The second-order valence-corrected chi connectivity index (χ2v) is 7.38. The standard InChI is InChI=1S/C22H18FN5O4/c23-14-1-2-15(24-11-14)13-32-17-5-6-27(21(29)10-17)16-3-4-19-18(9-16)25-20-12-26(22(30)31)7-8-28(19)20/h1-6,9-11H,7-8,12-13H2,(H,30,31). The predicted octanol–water partition coefficient (Wildman–Crippen LogP) is 2.79. The van der Waals surface area contributed by atoms with Gasteiger partial charge in [0, 0.05) is 25.4 Å². The minimum Gasteiger partial charge on any atom is -0.487 e. The molecule has 0 saturated heterocycles. The maximum atomic E-state index is 12.9. The van der Waals surface area contributed by atoms with Crippen LogP contribution in [0, 0.1) is 5.82 Å². The highest BCUT2D eigenvalue weighted by molar-refractivity contribution is 5.79. The summed E-state index contributed by atoms with van der Waals surface area (Å²) in [4.78, 5) is 33.7. The number of rotatable bonds is 4. The molecule has 0 aliphatic carbocycles. The molecule has 162 valence electrons. The third kappa shape index (κ3) is 3.66. The largest absolute Gasteiger partial charge is 0.487 e. The number of ether oxygens (including phenoxy) is 1. The first kappa shape index (κ1) is 19.7. The molecule has 0 unspecified atom stereocenters. The van der Waals surface area contributed by atoms with E-state index in [0.29, 0.717) is 41.6 Å². The second kappa shape index (κ2) is 7.80. The molecule has 0 spiro atoms. The topological polar surface area (TPSA) is 102 Å². The van der Waals surface area contributed by atoms with Crippen LogP contribution in [0.3, 0.4) is 0 Å². The number of amides is 1. The fourth-order valence-electron chi connectivity index (χ4n) is 3.73. The lowest BCUT2D eigenvalue weighted by molar-refractivity contribution is 0.132. The number of imidazole rings is 1. The van der Waals surface area contributed by atoms with Crippen LogP contribution in [0.1, 0.15) is 11.5 Å². The van der Waals surface area contributed by atoms with Crippen molar-refractivity contribution in [2.45, 2.75) is 19.7 Å². The second-order valence-electron chi connectivity index (χ2n) is 7.38. The Morgan fingerprint density at radius 3 is 2.78 bits per heavy atom. The molecule has 4 aromatic rings. The average Bonchev–Trinajstić information content (AvgIpc) is 3.15. The van der Waals surface area contributed by atoms with Gasteiger partial charge >= 0.3 is 6.09 Å². The van der Waals surface area contributed by atoms with Crippen molar-refractivity contribution in [2.24, 2.45) is 0 Å². The van der Waals surface area contributed by atoms with Gasteiger partial charge in [-0.3, -0.25) is 19.2 Å². The van der Waals surface area contributed by atoms with Gasteiger partial charge in [0.05, 0.1) is 35.2 Å². The van der Waals surface area contributed by atoms with E-state index in [2.05, 4.69) is 9.97 Å². The normalized spacial score (nSPS) is 13.2. The first-order chi connectivity index (χ1) is 15.5. The Bertz CT molecular complexity index is 1380. The molecule has 0 fully saturated rings. The first-order valence-corrected chi connectivity index (χ1v) is 9.91. The predicted molar refractivity (Wildman–Crippen MR) is 112 cm³/mol. The molecule has 4 heterocycles. The van der Waals surface area contributed by atoms with Gasteiger partial charge in [-0.15, -0.1) is 0 Å². The van der Waals surface area contributed by atoms with Crippen molar-refractivity contribution in [1.29, 1.82) is 0 Å². The maximum absolute atomic E-state index is 12.9. The molecule has 1 N–H and O–H groups in total. The minimum atomic E-state index is -0.965. The fraction of sp³-hybridized carbons (Fsp3) is 0.182. The Kier molecular flexibility index (Phi) is 4.81. The average molecular weight is 435 g/mol. The maximum Gasteiger partial charge on any atom is 0.407 e. The van der Waals surface area contributed by atoms with Gasteiger partial charge in [0.25, 0.3) is 5.56 Å². The number of carbonyl (C=O) groups is 1. The molecule has 0 atom stereocenters. The van der Waals surface area contributed by atoms with Crippen LogP contribution in [-0.4, -0.2) is 41.7 Å². The highest BCUT2D eigenvalue weighted by atomic mass is 19.1. The quantitative estimate of drug-likeness (QED) is 0.529. The summed E-state index contributed by atoms with van der Waals surface area (Å²) in [7, 11) is 0. The van der Waals surface area contributed by atoms with E-state index in [4.69, 9.17) is 4.74 Å². The van der Waals surface area contributed by atoms with Gasteiger partial charge in [0.2, 0.25) is 0 Å². The number of pyridine rings is 2. The summed E-state index contributed by atoms with van der Waals surface area (Å²) in [5.41, 5.74) is 2.49. The van der Waals surface area contributed by atoms with Crippen LogP contribution in [0.15, 0.2) is 59.7 Å². The van der Waals surface area contributed by atoms with E-state index < -0.39 is 11.9 Å². The molecule has 9 nitrogen and oxygen atoms in total. The number of halogens is 1. The lowest BCUT2D eigenvalue weighted by atomic mass is 10.2. The number of hydrogen-bond acceptors (Lipinski definition) is 5. The van der Waals surface area contributed by atoms with Gasteiger partial charge in [-0.05, 0) is 36.4 Å². The Hall–Kier alpha value is -4.21. The van der Waals surface area contributed by atoms with E-state index >= 15 is 0 Å². The Morgan fingerprint density at radius 2 is 2.03 bits per heavy atom. The summed E-state index contributed by atoms with van der Waals surface area (Å²) < 4.78 is 22.0. The van der Waals surface area contributed by atoms with Crippen molar-refractivity contribution < 1.29 is 19.0 Å². The van der Waals surface area contributed by atoms with Crippen molar-refractivity contribution in [3.8, 4) is 11.4 Å². The SMILES string of the molecule is O=C(O)N1CCn2c(nc3cc(-n4ccc(OCc5ccc(F)cn5)cc4=O)ccc32)C1. The lowest BCUT2D eigenvalue weighted by Gasteiger charge is -2.25. The van der Waals surface area contributed by atoms with Gasteiger partial charge in [-0.1, -0.05) is 0 Å². The van der Waals surface area contributed by atoms with Crippen LogP contribution in [0.2, 0.25) is 0 Å². The number of benzene rings is 1. The van der Waals surface area contributed by atoms with Crippen molar-refractivity contribution in [1.82, 2.24) is 24.0 Å². The van der Waals surface area contributed by atoms with Gasteiger partial charge in [-0.2, -0.15) is 0 Å². The molecule has 0 radical (unpaired) electrons. The molecule has 3 aromatic heterocycles. The van der Waals surface area contributed by atoms with Crippen LogP contribution < -0.4 is 10.3 Å². The van der Waals surface area contributed by atoms with Crippen LogP contribution >= 0.6 is 0 Å². The molecule has 0 bridgehead atoms. The summed E-state index contributed by atoms with van der Waals surface area (Å²) in [6.07, 6.45) is 1.76. The third-order valence-electron chi connectivity index (χ3n) is 5.35. The van der Waals surface area contributed by atoms with Crippen molar-refractivity contribution in [2.75, 3.05) is 6.54 Å². The number of nitrogens with zero attached hydrogens (tertiary/aromatic N) is 5. The van der Waals surface area contributed by atoms with Gasteiger partial charge in [-0.25, -0.2) is 14.2 Å². The van der Waals surface area contributed by atoms with E-state index in [1.54, 1.807) is 18.3 Å². The van der Waals surface area contributed by atoms with Gasteiger partial charge < -0.3 is 14.4 Å². The molecule has 1 aliphatic heterocycles. The minimum absolute atomic E-state index is 0.114. The number of fused-ring (bicyclic) bond motifs is 3. The van der Waals surface area contributed by atoms with Crippen LogP contribution in [0.4, 0.5) is 9.18 Å². The summed E-state index contributed by atoms with van der Waals surface area (Å²) in [5, 5.41) is 9.22. The van der Waals surface area contributed by atoms with Crippen LogP contribution in [0.25, 0.3) is 16.7 Å². The molecule has 1 aliphatic rings. The van der Waals surface area contributed by atoms with Crippen LogP contribution in [0.5, 0.6) is 5.75 Å². The number of carboxylic acid groups (broad SMARTS) is 1. The fourth-order valence-corrected chi connectivity index (χ4v) is 3.73. The van der Waals surface area contributed by atoms with E-state index in [0.717, 1.165) is 11.7 Å². The molecule has 0 saturated carbocycles. The molecular weight excluding hydrogens is 417 g/mol. The smallest absolute Gasteiger partial charge is 0.407 e. The first-order valence-electron chi connectivity index (χ1n) is 9.91. The summed E-state index contributed by atoms with van der Waals surface area (Å²) in [6.45, 7) is 1.29. The zero-order chi connectivity index (χ0) is 22.2. The molecule has 5 rings (SSSR count). The van der Waals surface area contributed by atoms with E-state index in [-0.39, 0.29) is 18.7 Å². The van der Waals surface area contributed by atoms with Crippen molar-refractivity contribution in [3.05, 3.63) is 82.5 Å². The molecule has 32 heavy (non-hydrogen) atoms. The molecule has 1 aromatic carbocycles. The van der Waals surface area contributed by atoms with Gasteiger partial charge in [0.1, 0.15) is 24.0 Å². The van der Waals surface area contributed by atoms with E-state index in [9.17, 15) is 19.1 Å². The van der Waals surface area contributed by atoms with E-state index in [1.165, 1.54) is 27.7 Å². The number of aromatic nitrogens is 4. The van der Waals surface area contributed by atoms with Gasteiger partial charge in [0.15, 0.2) is 0 Å².